The number of nitrogens with two attached hydrogens (primary N) is 1. The van der Waals surface area contributed by atoms with Crippen LogP contribution in [-0.2, 0) is 15.8 Å². The Labute approximate surface area is 218 Å². The number of hydrogen-bond acceptors (Lipinski definition) is 5. The number of fused-ring (bicyclic) bond motifs is 2. The van der Waals surface area contributed by atoms with Crippen LogP contribution in [0.4, 0.5) is 17.6 Å². The summed E-state index contributed by atoms with van der Waals surface area (Å²) in [6.07, 6.45) is -5.31. The van der Waals surface area contributed by atoms with E-state index >= 15 is 0 Å². The first-order valence-corrected chi connectivity index (χ1v) is 11.7. The molecule has 2 aromatic carbocycles. The number of amides is 2. The number of carbonyl (C=O) groups is 2. The minimum absolute atomic E-state index is 0.00987. The number of nitrogens with one attached hydrogen (secondary N) is 2. The maximum absolute atomic E-state index is 14.5. The maximum atomic E-state index is 14.5. The predicted octanol–water partition coefficient (Wildman–Crippen LogP) is 3.68. The highest BCUT2D eigenvalue weighted by molar-refractivity contribution is 5.98. The lowest BCUT2D eigenvalue weighted by Crippen LogP contribution is -2.52. The molecule has 12 heteroatoms. The molecule has 0 saturated carbocycles. The number of primary amides is 1. The van der Waals surface area contributed by atoms with Crippen molar-refractivity contribution in [1.82, 2.24) is 15.3 Å². The van der Waals surface area contributed by atoms with Crippen molar-refractivity contribution < 1.29 is 37.0 Å². The first-order chi connectivity index (χ1) is 18.3. The molecular formula is C27H22F4N4O4. The monoisotopic (exact) mass is 542 g/mol. The van der Waals surface area contributed by atoms with Gasteiger partial charge in [-0.3, -0.25) is 9.59 Å². The van der Waals surface area contributed by atoms with E-state index in [1.807, 2.05) is 0 Å². The predicted molar refractivity (Wildman–Crippen MR) is 132 cm³/mol. The Hall–Kier alpha value is -4.45. The summed E-state index contributed by atoms with van der Waals surface area (Å²) in [7, 11) is 0. The molecule has 5 N–H and O–H groups in total. The highest BCUT2D eigenvalue weighted by Gasteiger charge is 2.57. The summed E-state index contributed by atoms with van der Waals surface area (Å²) in [5, 5.41) is 13.9. The van der Waals surface area contributed by atoms with Crippen LogP contribution < -0.4 is 15.8 Å². The molecule has 0 fully saturated rings. The molecule has 0 spiro atoms. The zero-order chi connectivity index (χ0) is 28.2. The largest absolute Gasteiger partial charge is 0.489 e. The Morgan fingerprint density at radius 1 is 1.15 bits per heavy atom. The molecule has 1 aliphatic heterocycles. The van der Waals surface area contributed by atoms with Gasteiger partial charge in [0.25, 0.3) is 5.91 Å². The van der Waals surface area contributed by atoms with Gasteiger partial charge in [-0.2, -0.15) is 13.2 Å². The first kappa shape index (κ1) is 26.2. The molecule has 1 aliphatic rings. The van der Waals surface area contributed by atoms with Crippen molar-refractivity contribution in [2.45, 2.75) is 24.1 Å². The summed E-state index contributed by atoms with van der Waals surface area (Å²) in [4.78, 5) is 31.9. The lowest BCUT2D eigenvalue weighted by Gasteiger charge is -2.31. The molecule has 1 unspecified atom stereocenters. The van der Waals surface area contributed by atoms with E-state index < -0.39 is 47.1 Å². The van der Waals surface area contributed by atoms with Crippen LogP contribution in [-0.4, -0.2) is 46.2 Å². The number of benzene rings is 2. The van der Waals surface area contributed by atoms with E-state index in [9.17, 15) is 32.3 Å². The van der Waals surface area contributed by atoms with Gasteiger partial charge in [0, 0.05) is 22.0 Å². The van der Waals surface area contributed by atoms with Gasteiger partial charge >= 0.3 is 6.18 Å². The van der Waals surface area contributed by atoms with Gasteiger partial charge in [-0.1, -0.05) is 18.2 Å². The molecule has 0 saturated heterocycles. The fourth-order valence-electron chi connectivity index (χ4n) is 4.44. The zero-order valence-electron chi connectivity index (χ0n) is 20.4. The number of carbonyl (C=O) groups excluding carboxylic acids is 2. The summed E-state index contributed by atoms with van der Waals surface area (Å²) in [5.74, 6) is -2.37. The molecule has 2 atom stereocenters. The second-order valence-electron chi connectivity index (χ2n) is 9.54. The topological polar surface area (TPSA) is 130 Å². The number of aliphatic hydroxyl groups is 1. The Bertz CT molecular complexity index is 1570. The summed E-state index contributed by atoms with van der Waals surface area (Å²) in [5.41, 5.74) is 0.0273. The number of halogens is 4. The number of hydrogen-bond donors (Lipinski definition) is 4. The third-order valence-corrected chi connectivity index (χ3v) is 6.91. The second-order valence-corrected chi connectivity index (χ2v) is 9.54. The van der Waals surface area contributed by atoms with Crippen LogP contribution in [0.15, 0.2) is 60.7 Å². The third-order valence-electron chi connectivity index (χ3n) is 6.91. The highest BCUT2D eigenvalue weighted by atomic mass is 19.4. The van der Waals surface area contributed by atoms with Crippen LogP contribution in [0.3, 0.4) is 0 Å². The van der Waals surface area contributed by atoms with Crippen molar-refractivity contribution in [3.05, 3.63) is 83.4 Å². The molecule has 5 rings (SSSR count). The van der Waals surface area contributed by atoms with Crippen molar-refractivity contribution in [2.24, 2.45) is 5.73 Å². The van der Waals surface area contributed by atoms with Crippen LogP contribution >= 0.6 is 0 Å². The number of alkyl halides is 3. The SMILES string of the molecule is C[C@]1(C(N)=O)COc2c1cc(C(O)(CNC(=O)c1cc3ccccc3[nH]1)C(F)(F)F)nc2-c1ccc(F)cc1. The van der Waals surface area contributed by atoms with Gasteiger partial charge < -0.3 is 25.9 Å². The van der Waals surface area contributed by atoms with Crippen LogP contribution in [0, 0.1) is 5.82 Å². The lowest BCUT2D eigenvalue weighted by molar-refractivity contribution is -0.265. The molecule has 2 aromatic heterocycles. The lowest BCUT2D eigenvalue weighted by atomic mass is 9.81. The average Bonchev–Trinajstić information content (AvgIpc) is 3.49. The number of H-pyrrole nitrogens is 1. The molecule has 0 aliphatic carbocycles. The number of aromatic amines is 1. The standard InChI is InChI=1S/C27H22F4N4O4/c1-25(24(32)37)13-39-22-17(25)11-20(35-21(22)14-6-8-16(28)9-7-14)26(38,27(29,30)31)12-33-23(36)19-10-15-4-2-3-5-18(15)34-19/h2-11,34,38H,12-13H2,1H3,(H2,32,37)(H,33,36)/t25-,26?/m0/s1. The van der Waals surface area contributed by atoms with E-state index in [0.717, 1.165) is 18.2 Å². The summed E-state index contributed by atoms with van der Waals surface area (Å²) in [6, 6.07) is 14.0. The van der Waals surface area contributed by atoms with Gasteiger partial charge in [0.1, 0.15) is 35.0 Å². The smallest absolute Gasteiger partial charge is 0.424 e. The van der Waals surface area contributed by atoms with Gasteiger partial charge in [0.15, 0.2) is 0 Å². The van der Waals surface area contributed by atoms with Crippen molar-refractivity contribution >= 4 is 22.7 Å². The van der Waals surface area contributed by atoms with Gasteiger partial charge in [0.05, 0.1) is 12.2 Å². The Morgan fingerprint density at radius 2 is 1.85 bits per heavy atom. The number of ether oxygens (including phenoxy) is 1. The van der Waals surface area contributed by atoms with E-state index in [1.165, 1.54) is 25.1 Å². The zero-order valence-corrected chi connectivity index (χ0v) is 20.4. The minimum Gasteiger partial charge on any atom is -0.489 e. The number of rotatable bonds is 6. The maximum Gasteiger partial charge on any atom is 0.424 e. The second kappa shape index (κ2) is 9.09. The Balaban J connectivity index is 1.59. The van der Waals surface area contributed by atoms with Crippen LogP contribution in [0.25, 0.3) is 22.2 Å². The van der Waals surface area contributed by atoms with E-state index in [4.69, 9.17) is 10.5 Å². The number of para-hydroxylation sites is 1. The van der Waals surface area contributed by atoms with E-state index in [2.05, 4.69) is 15.3 Å². The summed E-state index contributed by atoms with van der Waals surface area (Å²) >= 11 is 0. The average molecular weight is 542 g/mol. The van der Waals surface area contributed by atoms with Crippen LogP contribution in [0.2, 0.25) is 0 Å². The summed E-state index contributed by atoms with van der Waals surface area (Å²) < 4.78 is 62.6. The fourth-order valence-corrected chi connectivity index (χ4v) is 4.44. The van der Waals surface area contributed by atoms with Crippen molar-refractivity contribution in [3.8, 4) is 17.0 Å². The van der Waals surface area contributed by atoms with E-state index in [1.54, 1.807) is 24.3 Å². The number of pyridine rings is 1. The van der Waals surface area contributed by atoms with E-state index in [0.29, 0.717) is 10.9 Å². The van der Waals surface area contributed by atoms with Gasteiger partial charge in [-0.05, 0) is 49.4 Å². The molecule has 8 nitrogen and oxygen atoms in total. The quantitative estimate of drug-likeness (QED) is 0.276. The van der Waals surface area contributed by atoms with Gasteiger partial charge in [-0.25, -0.2) is 9.37 Å². The third kappa shape index (κ3) is 4.36. The number of nitrogens with zero attached hydrogens (tertiary/aromatic N) is 1. The van der Waals surface area contributed by atoms with Crippen molar-refractivity contribution in [3.63, 3.8) is 0 Å². The summed E-state index contributed by atoms with van der Waals surface area (Å²) in [6.45, 7) is -0.185. The van der Waals surface area contributed by atoms with Crippen LogP contribution in [0.1, 0.15) is 28.7 Å². The van der Waals surface area contributed by atoms with Gasteiger partial charge in [-0.15, -0.1) is 0 Å². The van der Waals surface area contributed by atoms with E-state index in [-0.39, 0.29) is 34.9 Å². The highest BCUT2D eigenvalue weighted by Crippen LogP contribution is 2.47. The molecule has 4 aromatic rings. The molecule has 202 valence electrons. The molecule has 39 heavy (non-hydrogen) atoms. The van der Waals surface area contributed by atoms with Crippen molar-refractivity contribution in [1.29, 1.82) is 0 Å². The molecular weight excluding hydrogens is 520 g/mol. The molecule has 2 amide bonds. The first-order valence-electron chi connectivity index (χ1n) is 11.7. The molecule has 0 bridgehead atoms. The Morgan fingerprint density at radius 3 is 2.49 bits per heavy atom. The van der Waals surface area contributed by atoms with Gasteiger partial charge in [0.2, 0.25) is 11.5 Å². The Kier molecular flexibility index (Phi) is 6.10. The molecule has 0 radical (unpaired) electrons. The minimum atomic E-state index is -5.31. The molecule has 3 heterocycles. The van der Waals surface area contributed by atoms with Crippen molar-refractivity contribution in [2.75, 3.05) is 13.2 Å². The normalized spacial score (nSPS) is 18.3. The number of aromatic nitrogens is 2. The fraction of sp³-hybridized carbons (Fsp3) is 0.222. The van der Waals surface area contributed by atoms with Crippen LogP contribution in [0.5, 0.6) is 5.75 Å².